The smallest absolute Gasteiger partial charge is 0.155 e. The van der Waals surface area contributed by atoms with Gasteiger partial charge in [0.05, 0.1) is 17.7 Å². The number of ether oxygens (including phenoxy) is 1. The number of methoxy groups -OCH3 is 1. The van der Waals surface area contributed by atoms with Crippen molar-refractivity contribution in [3.63, 3.8) is 0 Å². The highest BCUT2D eigenvalue weighted by atomic mass is 35.5. The molecule has 1 aromatic rings. The van der Waals surface area contributed by atoms with Crippen molar-refractivity contribution in [2.45, 2.75) is 6.92 Å². The van der Waals surface area contributed by atoms with Gasteiger partial charge in [0.2, 0.25) is 0 Å². The molecule has 0 aliphatic heterocycles. The highest BCUT2D eigenvalue weighted by Crippen LogP contribution is 2.29. The maximum Gasteiger partial charge on any atom is 0.155 e. The van der Waals surface area contributed by atoms with Crippen molar-refractivity contribution < 1.29 is 4.74 Å². The summed E-state index contributed by atoms with van der Waals surface area (Å²) in [5, 5.41) is 9.24. The summed E-state index contributed by atoms with van der Waals surface area (Å²) < 4.78 is 4.99. The predicted octanol–water partition coefficient (Wildman–Crippen LogP) is 2.53. The largest absolute Gasteiger partial charge is 0.494 e. The Bertz CT molecular complexity index is 341. The number of hydrogen-bond acceptors (Lipinski definition) is 2. The summed E-state index contributed by atoms with van der Waals surface area (Å²) in [4.78, 5) is 0. The van der Waals surface area contributed by atoms with E-state index in [9.17, 15) is 0 Å². The lowest BCUT2D eigenvalue weighted by Gasteiger charge is -2.06. The van der Waals surface area contributed by atoms with Crippen molar-refractivity contribution in [2.75, 3.05) is 7.11 Å². The van der Waals surface area contributed by atoms with Gasteiger partial charge in [0.25, 0.3) is 0 Å². The second-order valence-corrected chi connectivity index (χ2v) is 2.79. The zero-order chi connectivity index (χ0) is 9.14. The van der Waals surface area contributed by atoms with Gasteiger partial charge >= 0.3 is 0 Å². The lowest BCUT2D eigenvalue weighted by atomic mass is 10.1. The molecule has 0 unspecified atom stereocenters. The van der Waals surface area contributed by atoms with E-state index in [2.05, 4.69) is 0 Å². The van der Waals surface area contributed by atoms with Gasteiger partial charge in [-0.25, -0.2) is 0 Å². The van der Waals surface area contributed by atoms with E-state index in [0.717, 1.165) is 5.56 Å². The van der Waals surface area contributed by atoms with E-state index >= 15 is 0 Å². The minimum absolute atomic E-state index is 0.458. The zero-order valence-electron chi connectivity index (χ0n) is 6.89. The second-order valence-electron chi connectivity index (χ2n) is 2.38. The van der Waals surface area contributed by atoms with E-state index in [-0.39, 0.29) is 0 Å². The monoisotopic (exact) mass is 181 g/mol. The first-order valence-electron chi connectivity index (χ1n) is 3.44. The first-order valence-corrected chi connectivity index (χ1v) is 3.81. The minimum Gasteiger partial charge on any atom is -0.494 e. The highest BCUT2D eigenvalue weighted by Gasteiger charge is 2.09. The number of hydrogen-bond donors (Lipinski definition) is 0. The first-order chi connectivity index (χ1) is 5.70. The summed E-state index contributed by atoms with van der Waals surface area (Å²) in [7, 11) is 1.50. The third kappa shape index (κ3) is 1.37. The van der Waals surface area contributed by atoms with Gasteiger partial charge in [0.1, 0.15) is 6.07 Å². The molecule has 0 atom stereocenters. The van der Waals surface area contributed by atoms with Gasteiger partial charge in [0.15, 0.2) is 5.75 Å². The molecular formula is C9H8ClNO. The number of halogens is 1. The second kappa shape index (κ2) is 3.46. The van der Waals surface area contributed by atoms with Crippen LogP contribution in [0.15, 0.2) is 12.1 Å². The van der Waals surface area contributed by atoms with E-state index in [4.69, 9.17) is 21.6 Å². The summed E-state index contributed by atoms with van der Waals surface area (Å²) in [5.41, 5.74) is 1.38. The van der Waals surface area contributed by atoms with Gasteiger partial charge in [-0.1, -0.05) is 17.7 Å². The van der Waals surface area contributed by atoms with Crippen LogP contribution in [0.5, 0.6) is 5.75 Å². The molecule has 1 rings (SSSR count). The molecule has 0 amide bonds. The Morgan fingerprint density at radius 3 is 2.58 bits per heavy atom. The van der Waals surface area contributed by atoms with Crippen LogP contribution in [0.1, 0.15) is 11.1 Å². The van der Waals surface area contributed by atoms with Crippen LogP contribution < -0.4 is 4.74 Å². The SMILES string of the molecule is COc1c(Cl)ccc(C)c1C#N. The Morgan fingerprint density at radius 2 is 2.17 bits per heavy atom. The van der Waals surface area contributed by atoms with Crippen LogP contribution in [0.25, 0.3) is 0 Å². The fraction of sp³-hybridized carbons (Fsp3) is 0.222. The topological polar surface area (TPSA) is 33.0 Å². The molecule has 0 N–H and O–H groups in total. The highest BCUT2D eigenvalue weighted by molar-refractivity contribution is 6.32. The van der Waals surface area contributed by atoms with Crippen LogP contribution >= 0.6 is 11.6 Å². The molecule has 62 valence electrons. The quantitative estimate of drug-likeness (QED) is 0.667. The third-order valence-corrected chi connectivity index (χ3v) is 1.93. The van der Waals surface area contributed by atoms with Gasteiger partial charge < -0.3 is 4.74 Å². The molecule has 0 saturated heterocycles. The molecule has 12 heavy (non-hydrogen) atoms. The molecule has 1 aromatic carbocycles. The van der Waals surface area contributed by atoms with Gasteiger partial charge in [-0.2, -0.15) is 5.26 Å². The molecule has 0 aliphatic rings. The maximum atomic E-state index is 8.77. The summed E-state index contributed by atoms with van der Waals surface area (Å²) in [6.45, 7) is 1.84. The summed E-state index contributed by atoms with van der Waals surface area (Å²) in [5.74, 6) is 0.458. The molecule has 0 heterocycles. The summed E-state index contributed by atoms with van der Waals surface area (Å²) in [6, 6.07) is 5.56. The van der Waals surface area contributed by atoms with Crippen LogP contribution in [-0.2, 0) is 0 Å². The van der Waals surface area contributed by atoms with Crippen molar-refractivity contribution in [3.8, 4) is 11.8 Å². The Balaban J connectivity index is 3.41. The number of rotatable bonds is 1. The lowest BCUT2D eigenvalue weighted by Crippen LogP contribution is -1.91. The van der Waals surface area contributed by atoms with Crippen LogP contribution in [0.4, 0.5) is 0 Å². The molecule has 0 spiro atoms. The Hall–Kier alpha value is -1.20. The Kier molecular flexibility index (Phi) is 2.57. The number of benzene rings is 1. The predicted molar refractivity (Wildman–Crippen MR) is 47.5 cm³/mol. The van der Waals surface area contributed by atoms with Crippen molar-refractivity contribution >= 4 is 11.6 Å². The molecule has 0 aromatic heterocycles. The van der Waals surface area contributed by atoms with Crippen LogP contribution in [0.3, 0.4) is 0 Å². The standard InChI is InChI=1S/C9H8ClNO/c1-6-3-4-8(10)9(12-2)7(6)5-11/h3-4H,1-2H3. The molecule has 0 aliphatic carbocycles. The van der Waals surface area contributed by atoms with Gasteiger partial charge in [0, 0.05) is 0 Å². The third-order valence-electron chi connectivity index (χ3n) is 1.63. The zero-order valence-corrected chi connectivity index (χ0v) is 7.64. The van der Waals surface area contributed by atoms with Crippen LogP contribution in [0.2, 0.25) is 5.02 Å². The number of nitrogens with zero attached hydrogens (tertiary/aromatic N) is 1. The molecule has 0 radical (unpaired) electrons. The molecule has 2 nitrogen and oxygen atoms in total. The fourth-order valence-corrected chi connectivity index (χ4v) is 1.23. The van der Waals surface area contributed by atoms with E-state index in [1.54, 1.807) is 12.1 Å². The fourth-order valence-electron chi connectivity index (χ4n) is 0.994. The van der Waals surface area contributed by atoms with E-state index < -0.39 is 0 Å². The van der Waals surface area contributed by atoms with Crippen molar-refractivity contribution in [2.24, 2.45) is 0 Å². The van der Waals surface area contributed by atoms with Crippen LogP contribution in [-0.4, -0.2) is 7.11 Å². The van der Waals surface area contributed by atoms with Crippen molar-refractivity contribution in [3.05, 3.63) is 28.3 Å². The molecule has 3 heteroatoms. The lowest BCUT2D eigenvalue weighted by molar-refractivity contribution is 0.413. The normalized spacial score (nSPS) is 9.17. The first kappa shape index (κ1) is 8.89. The average Bonchev–Trinajstić information content (AvgIpc) is 2.08. The average molecular weight is 182 g/mol. The maximum absolute atomic E-state index is 8.77. The van der Waals surface area contributed by atoms with Gasteiger partial charge in [-0.15, -0.1) is 0 Å². The number of nitriles is 1. The molecule has 0 fully saturated rings. The van der Waals surface area contributed by atoms with Gasteiger partial charge in [-0.3, -0.25) is 0 Å². The van der Waals surface area contributed by atoms with Crippen molar-refractivity contribution in [1.82, 2.24) is 0 Å². The van der Waals surface area contributed by atoms with Crippen molar-refractivity contribution in [1.29, 1.82) is 5.26 Å². The number of aryl methyl sites for hydroxylation is 1. The minimum atomic E-state index is 0.458. The Labute approximate surface area is 76.3 Å². The van der Waals surface area contributed by atoms with E-state index in [0.29, 0.717) is 16.3 Å². The van der Waals surface area contributed by atoms with Crippen LogP contribution in [0, 0.1) is 18.3 Å². The molecule has 0 bridgehead atoms. The van der Waals surface area contributed by atoms with Gasteiger partial charge in [-0.05, 0) is 18.6 Å². The summed E-state index contributed by atoms with van der Waals surface area (Å²) >= 11 is 5.80. The Morgan fingerprint density at radius 1 is 1.50 bits per heavy atom. The summed E-state index contributed by atoms with van der Waals surface area (Å²) in [6.07, 6.45) is 0. The van der Waals surface area contributed by atoms with E-state index in [1.807, 2.05) is 13.0 Å². The molecule has 0 saturated carbocycles. The molecular weight excluding hydrogens is 174 g/mol. The van der Waals surface area contributed by atoms with E-state index in [1.165, 1.54) is 7.11 Å².